The second kappa shape index (κ2) is 5.25. The number of fused-ring (bicyclic) bond motifs is 1. The molecule has 2 nitrogen and oxygen atoms in total. The summed E-state index contributed by atoms with van der Waals surface area (Å²) in [4.78, 5) is 1.33. The summed E-state index contributed by atoms with van der Waals surface area (Å²) in [7, 11) is 0. The lowest BCUT2D eigenvalue weighted by atomic mass is 10.0. The van der Waals surface area contributed by atoms with Gasteiger partial charge in [-0.3, -0.25) is 5.41 Å². The van der Waals surface area contributed by atoms with E-state index < -0.39 is 0 Å². The molecular formula is C16H18N2S. The lowest BCUT2D eigenvalue weighted by molar-refractivity contribution is 0.886. The molecule has 0 aliphatic heterocycles. The molecule has 3 heteroatoms. The van der Waals surface area contributed by atoms with E-state index in [0.717, 1.165) is 16.2 Å². The van der Waals surface area contributed by atoms with Crippen LogP contribution in [0.3, 0.4) is 0 Å². The van der Waals surface area contributed by atoms with Crippen molar-refractivity contribution < 1.29 is 0 Å². The molecule has 1 aliphatic rings. The number of rotatable bonds is 3. The van der Waals surface area contributed by atoms with Crippen LogP contribution in [0.4, 0.5) is 0 Å². The van der Waals surface area contributed by atoms with Crippen LogP contribution in [0.1, 0.15) is 31.2 Å². The van der Waals surface area contributed by atoms with Gasteiger partial charge in [-0.05, 0) is 35.7 Å². The molecule has 2 aromatic rings. The van der Waals surface area contributed by atoms with Gasteiger partial charge in [-0.1, -0.05) is 37.1 Å². The SMILES string of the molecule is N=C(N)c1ccc(SC2CCCC2)c2ccccc12. The molecule has 0 amide bonds. The van der Waals surface area contributed by atoms with Crippen molar-refractivity contribution in [3.63, 3.8) is 0 Å². The zero-order valence-electron chi connectivity index (χ0n) is 10.9. The minimum absolute atomic E-state index is 0.147. The van der Waals surface area contributed by atoms with Crippen molar-refractivity contribution in [3.8, 4) is 0 Å². The van der Waals surface area contributed by atoms with Gasteiger partial charge in [0, 0.05) is 15.7 Å². The Morgan fingerprint density at radius 2 is 1.74 bits per heavy atom. The first-order valence-electron chi connectivity index (χ1n) is 6.78. The van der Waals surface area contributed by atoms with E-state index in [1.54, 1.807) is 0 Å². The van der Waals surface area contributed by atoms with E-state index in [9.17, 15) is 0 Å². The predicted molar refractivity (Wildman–Crippen MR) is 83.1 cm³/mol. The van der Waals surface area contributed by atoms with Crippen molar-refractivity contribution in [2.75, 3.05) is 0 Å². The first-order valence-corrected chi connectivity index (χ1v) is 7.66. The van der Waals surface area contributed by atoms with Gasteiger partial charge >= 0.3 is 0 Å². The number of thioether (sulfide) groups is 1. The van der Waals surface area contributed by atoms with Gasteiger partial charge in [0.1, 0.15) is 5.84 Å². The van der Waals surface area contributed by atoms with Crippen molar-refractivity contribution >= 4 is 28.4 Å². The Labute approximate surface area is 117 Å². The second-order valence-corrected chi connectivity index (χ2v) is 6.44. The summed E-state index contributed by atoms with van der Waals surface area (Å²) in [6, 6.07) is 12.4. The number of hydrogen-bond donors (Lipinski definition) is 2. The number of hydrogen-bond acceptors (Lipinski definition) is 2. The van der Waals surface area contributed by atoms with Crippen LogP contribution in [0.25, 0.3) is 10.8 Å². The fourth-order valence-electron chi connectivity index (χ4n) is 2.79. The Hall–Kier alpha value is -1.48. The van der Waals surface area contributed by atoms with Gasteiger partial charge in [0.2, 0.25) is 0 Å². The number of benzene rings is 2. The third kappa shape index (κ3) is 2.47. The molecule has 2 aromatic carbocycles. The molecule has 0 heterocycles. The normalized spacial score (nSPS) is 16.0. The zero-order chi connectivity index (χ0) is 13.2. The lowest BCUT2D eigenvalue weighted by Crippen LogP contribution is -2.11. The molecule has 0 bridgehead atoms. The second-order valence-electron chi connectivity index (χ2n) is 5.09. The maximum Gasteiger partial charge on any atom is 0.123 e. The topological polar surface area (TPSA) is 49.9 Å². The van der Waals surface area contributed by atoms with Gasteiger partial charge in [-0.15, -0.1) is 11.8 Å². The highest BCUT2D eigenvalue weighted by Gasteiger charge is 2.17. The molecule has 1 saturated carbocycles. The summed E-state index contributed by atoms with van der Waals surface area (Å²) in [5.74, 6) is 0.147. The minimum atomic E-state index is 0.147. The van der Waals surface area contributed by atoms with E-state index in [1.807, 2.05) is 23.9 Å². The van der Waals surface area contributed by atoms with Gasteiger partial charge in [0.25, 0.3) is 0 Å². The molecule has 0 atom stereocenters. The van der Waals surface area contributed by atoms with Crippen LogP contribution < -0.4 is 5.73 Å². The van der Waals surface area contributed by atoms with Crippen molar-refractivity contribution in [1.29, 1.82) is 5.41 Å². The van der Waals surface area contributed by atoms with E-state index in [2.05, 4.69) is 24.3 Å². The summed E-state index contributed by atoms with van der Waals surface area (Å²) >= 11 is 1.99. The van der Waals surface area contributed by atoms with Crippen molar-refractivity contribution in [2.24, 2.45) is 5.73 Å². The third-order valence-electron chi connectivity index (χ3n) is 3.77. The number of amidine groups is 1. The molecule has 0 saturated heterocycles. The van der Waals surface area contributed by atoms with Gasteiger partial charge in [0.05, 0.1) is 0 Å². The lowest BCUT2D eigenvalue weighted by Gasteiger charge is -2.13. The third-order valence-corrected chi connectivity index (χ3v) is 5.18. The highest BCUT2D eigenvalue weighted by molar-refractivity contribution is 8.00. The number of nitrogens with one attached hydrogen (secondary N) is 1. The van der Waals surface area contributed by atoms with Crippen LogP contribution >= 0.6 is 11.8 Å². The monoisotopic (exact) mass is 270 g/mol. The summed E-state index contributed by atoms with van der Waals surface area (Å²) in [5.41, 5.74) is 6.51. The highest BCUT2D eigenvalue weighted by Crippen LogP contribution is 2.38. The van der Waals surface area contributed by atoms with E-state index in [0.29, 0.717) is 0 Å². The fourth-order valence-corrected chi connectivity index (χ4v) is 4.17. The average Bonchev–Trinajstić information content (AvgIpc) is 2.91. The molecule has 3 rings (SSSR count). The molecule has 98 valence electrons. The molecule has 0 unspecified atom stereocenters. The number of nitrogens with two attached hydrogens (primary N) is 1. The van der Waals surface area contributed by atoms with Crippen LogP contribution in [-0.4, -0.2) is 11.1 Å². The minimum Gasteiger partial charge on any atom is -0.384 e. The first kappa shape index (κ1) is 12.5. The quantitative estimate of drug-likeness (QED) is 0.650. The van der Waals surface area contributed by atoms with Crippen LogP contribution in [-0.2, 0) is 0 Å². The van der Waals surface area contributed by atoms with E-state index >= 15 is 0 Å². The van der Waals surface area contributed by atoms with Crippen molar-refractivity contribution in [1.82, 2.24) is 0 Å². The highest BCUT2D eigenvalue weighted by atomic mass is 32.2. The maximum absolute atomic E-state index is 7.68. The molecule has 0 aromatic heterocycles. The Balaban J connectivity index is 2.05. The molecular weight excluding hydrogens is 252 g/mol. The van der Waals surface area contributed by atoms with Crippen molar-refractivity contribution in [2.45, 2.75) is 35.8 Å². The predicted octanol–water partition coefficient (Wildman–Crippen LogP) is 4.16. The Morgan fingerprint density at radius 3 is 2.42 bits per heavy atom. The van der Waals surface area contributed by atoms with Gasteiger partial charge in [-0.25, -0.2) is 0 Å². The van der Waals surface area contributed by atoms with Gasteiger partial charge in [0.15, 0.2) is 0 Å². The molecule has 3 N–H and O–H groups in total. The Bertz CT molecular complexity index is 615. The summed E-state index contributed by atoms with van der Waals surface area (Å²) < 4.78 is 0. The van der Waals surface area contributed by atoms with E-state index in [1.165, 1.54) is 36.0 Å². The first-order chi connectivity index (χ1) is 9.25. The largest absolute Gasteiger partial charge is 0.384 e. The Morgan fingerprint density at radius 1 is 1.05 bits per heavy atom. The van der Waals surface area contributed by atoms with Crippen LogP contribution in [0.2, 0.25) is 0 Å². The van der Waals surface area contributed by atoms with Gasteiger partial charge in [-0.2, -0.15) is 0 Å². The number of nitrogen functional groups attached to an aromatic ring is 1. The maximum atomic E-state index is 7.68. The molecule has 0 radical (unpaired) electrons. The van der Waals surface area contributed by atoms with Crippen LogP contribution in [0, 0.1) is 5.41 Å². The standard InChI is InChI=1S/C16H18N2S/c17-16(18)14-9-10-15(19-11-5-1-2-6-11)13-8-4-3-7-12(13)14/h3-4,7-11H,1-2,5-6H2,(H3,17,18). The zero-order valence-corrected chi connectivity index (χ0v) is 11.7. The van der Waals surface area contributed by atoms with E-state index in [-0.39, 0.29) is 5.84 Å². The summed E-state index contributed by atoms with van der Waals surface area (Å²) in [6.07, 6.45) is 5.38. The summed E-state index contributed by atoms with van der Waals surface area (Å²) in [6.45, 7) is 0. The average molecular weight is 270 g/mol. The molecule has 19 heavy (non-hydrogen) atoms. The smallest absolute Gasteiger partial charge is 0.123 e. The molecule has 1 fully saturated rings. The van der Waals surface area contributed by atoms with Crippen molar-refractivity contribution in [3.05, 3.63) is 42.0 Å². The van der Waals surface area contributed by atoms with Crippen LogP contribution in [0.15, 0.2) is 41.3 Å². The van der Waals surface area contributed by atoms with E-state index in [4.69, 9.17) is 11.1 Å². The fraction of sp³-hybridized carbons (Fsp3) is 0.312. The van der Waals surface area contributed by atoms with Gasteiger partial charge < -0.3 is 5.73 Å². The summed E-state index contributed by atoms with van der Waals surface area (Å²) in [5, 5.41) is 10.8. The van der Waals surface area contributed by atoms with Crippen LogP contribution in [0.5, 0.6) is 0 Å². The Kier molecular flexibility index (Phi) is 3.47. The molecule has 0 spiro atoms. The molecule has 1 aliphatic carbocycles.